The zero-order chi connectivity index (χ0) is 16.3. The van der Waals surface area contributed by atoms with Gasteiger partial charge in [-0.2, -0.15) is 4.98 Å². The number of aryl methyl sites for hydroxylation is 1. The molecule has 4 rings (SSSR count). The van der Waals surface area contributed by atoms with Crippen LogP contribution in [-0.2, 0) is 0 Å². The molecule has 122 valence electrons. The molecule has 1 atom stereocenters. The Balaban J connectivity index is 2.06. The molecule has 0 bridgehead atoms. The summed E-state index contributed by atoms with van der Waals surface area (Å²) in [5, 5.41) is 0.666. The Kier molecular flexibility index (Phi) is 3.76. The zero-order valence-corrected chi connectivity index (χ0v) is 15.7. The van der Waals surface area contributed by atoms with Gasteiger partial charge in [-0.1, -0.05) is 0 Å². The molecular formula is C14H15FIN5OS. The Hall–Kier alpha value is -0.940. The minimum atomic E-state index is -0.359. The molecule has 0 amide bonds. The van der Waals surface area contributed by atoms with Crippen molar-refractivity contribution in [3.63, 3.8) is 0 Å². The Morgan fingerprint density at radius 1 is 1.35 bits per heavy atom. The van der Waals surface area contributed by atoms with Crippen molar-refractivity contribution >= 4 is 51.5 Å². The van der Waals surface area contributed by atoms with Crippen molar-refractivity contribution in [3.05, 3.63) is 22.0 Å². The molecule has 0 radical (unpaired) electrons. The lowest BCUT2D eigenvalue weighted by atomic mass is 10.1. The van der Waals surface area contributed by atoms with E-state index in [0.717, 1.165) is 25.4 Å². The second-order valence-corrected chi connectivity index (χ2v) is 7.95. The number of nitrogens with zero attached hydrogens (tertiary/aromatic N) is 5. The number of halogens is 2. The molecule has 2 aliphatic rings. The summed E-state index contributed by atoms with van der Waals surface area (Å²) in [4.78, 5) is 25.8. The molecule has 0 aliphatic carbocycles. The molecule has 2 aromatic rings. The normalized spacial score (nSPS) is 21.4. The average molecular weight is 447 g/mol. The van der Waals surface area contributed by atoms with Gasteiger partial charge in [0.2, 0.25) is 0 Å². The third-order valence-corrected chi connectivity index (χ3v) is 6.49. The molecule has 0 N–H and O–H groups in total. The van der Waals surface area contributed by atoms with Crippen LogP contribution in [0, 0.1) is 12.7 Å². The highest BCUT2D eigenvalue weighted by molar-refractivity contribution is 14.1. The molecule has 2 aromatic heterocycles. The van der Waals surface area contributed by atoms with Crippen molar-refractivity contribution in [1.82, 2.24) is 17.6 Å². The molecule has 0 aromatic carbocycles. The molecular weight excluding hydrogens is 432 g/mol. The Labute approximate surface area is 150 Å². The summed E-state index contributed by atoms with van der Waals surface area (Å²) in [6.45, 7) is 4.20. The average Bonchev–Trinajstić information content (AvgIpc) is 2.67. The maximum absolute atomic E-state index is 14.7. The summed E-state index contributed by atoms with van der Waals surface area (Å²) >= 11 is 3.39. The third kappa shape index (κ3) is 2.35. The highest BCUT2D eigenvalue weighted by atomic mass is 127. The van der Waals surface area contributed by atoms with Crippen molar-refractivity contribution < 1.29 is 4.39 Å². The van der Waals surface area contributed by atoms with Gasteiger partial charge in [0.05, 0.1) is 44.9 Å². The van der Waals surface area contributed by atoms with Gasteiger partial charge in [0.15, 0.2) is 11.5 Å². The molecule has 9 heteroatoms. The van der Waals surface area contributed by atoms with E-state index in [2.05, 4.69) is 26.8 Å². The van der Waals surface area contributed by atoms with Gasteiger partial charge >= 0.3 is 5.69 Å². The number of rotatable bonds is 0. The van der Waals surface area contributed by atoms with Crippen molar-refractivity contribution in [2.24, 2.45) is 0 Å². The lowest BCUT2D eigenvalue weighted by Gasteiger charge is -2.39. The number of pyridine rings is 1. The molecule has 0 spiro atoms. The van der Waals surface area contributed by atoms with E-state index in [4.69, 9.17) is 0 Å². The van der Waals surface area contributed by atoms with Crippen LogP contribution in [0.2, 0.25) is 0 Å². The standard InChI is InChI=1S/C14H15FIN5OS/c1-7-10(15)11-9-12(18-14(22)21(16)13(9)17-7)20-4-3-19(2)5-8(20)6-23-11/h8H,3-6H2,1-2H3. The van der Waals surface area contributed by atoms with Crippen LogP contribution in [0.4, 0.5) is 10.2 Å². The molecule has 1 unspecified atom stereocenters. The van der Waals surface area contributed by atoms with E-state index in [1.807, 2.05) is 22.9 Å². The Morgan fingerprint density at radius 3 is 2.91 bits per heavy atom. The largest absolute Gasteiger partial charge is 0.360 e. The first-order chi connectivity index (χ1) is 11.0. The number of aromatic nitrogens is 3. The van der Waals surface area contributed by atoms with Gasteiger partial charge < -0.3 is 9.80 Å². The summed E-state index contributed by atoms with van der Waals surface area (Å²) in [6, 6.07) is 0.214. The van der Waals surface area contributed by atoms with Crippen LogP contribution in [0.15, 0.2) is 9.69 Å². The summed E-state index contributed by atoms with van der Waals surface area (Å²) in [7, 11) is 2.08. The number of likely N-dealkylation sites (N-methyl/N-ethyl adjacent to an activating group) is 1. The van der Waals surface area contributed by atoms with E-state index < -0.39 is 0 Å². The lowest BCUT2D eigenvalue weighted by molar-refractivity contribution is 0.277. The zero-order valence-electron chi connectivity index (χ0n) is 12.7. The first-order valence-corrected chi connectivity index (χ1v) is 9.29. The molecule has 4 heterocycles. The van der Waals surface area contributed by atoms with Gasteiger partial charge in [0.25, 0.3) is 0 Å². The summed E-state index contributed by atoms with van der Waals surface area (Å²) < 4.78 is 16.1. The van der Waals surface area contributed by atoms with Gasteiger partial charge in [0.1, 0.15) is 5.82 Å². The monoisotopic (exact) mass is 447 g/mol. The van der Waals surface area contributed by atoms with Crippen molar-refractivity contribution in [1.29, 1.82) is 0 Å². The van der Waals surface area contributed by atoms with Gasteiger partial charge in [-0.3, -0.25) is 0 Å². The van der Waals surface area contributed by atoms with Crippen LogP contribution >= 0.6 is 34.6 Å². The summed E-state index contributed by atoms with van der Waals surface area (Å²) in [5.74, 6) is 1.06. The van der Waals surface area contributed by atoms with Crippen LogP contribution in [-0.4, -0.2) is 56.1 Å². The van der Waals surface area contributed by atoms with Gasteiger partial charge in [-0.25, -0.2) is 16.9 Å². The maximum Gasteiger partial charge on any atom is 0.360 e. The predicted molar refractivity (Wildman–Crippen MR) is 97.3 cm³/mol. The molecule has 23 heavy (non-hydrogen) atoms. The number of thioether (sulfide) groups is 1. The van der Waals surface area contributed by atoms with E-state index >= 15 is 0 Å². The lowest BCUT2D eigenvalue weighted by Crippen LogP contribution is -2.53. The quantitative estimate of drug-likeness (QED) is 0.573. The van der Waals surface area contributed by atoms with E-state index in [1.54, 1.807) is 6.92 Å². The molecule has 1 fully saturated rings. The molecule has 1 saturated heterocycles. The smallest absolute Gasteiger partial charge is 0.349 e. The number of hydrogen-bond acceptors (Lipinski definition) is 6. The Morgan fingerprint density at radius 2 is 2.13 bits per heavy atom. The van der Waals surface area contributed by atoms with Crippen LogP contribution < -0.4 is 10.6 Å². The van der Waals surface area contributed by atoms with E-state index in [0.29, 0.717) is 27.4 Å². The summed E-state index contributed by atoms with van der Waals surface area (Å²) in [6.07, 6.45) is 0. The second-order valence-electron chi connectivity index (χ2n) is 5.96. The molecule has 0 saturated carbocycles. The van der Waals surface area contributed by atoms with E-state index in [-0.39, 0.29) is 17.5 Å². The fourth-order valence-electron chi connectivity index (χ4n) is 3.22. The number of hydrogen-bond donors (Lipinski definition) is 0. The Bertz CT molecular complexity index is 873. The van der Waals surface area contributed by atoms with Crippen molar-refractivity contribution in [2.75, 3.05) is 37.3 Å². The minimum Gasteiger partial charge on any atom is -0.349 e. The fraction of sp³-hybridized carbons (Fsp3) is 0.500. The number of piperazine rings is 1. The second kappa shape index (κ2) is 5.55. The van der Waals surface area contributed by atoms with Crippen LogP contribution in [0.1, 0.15) is 5.69 Å². The van der Waals surface area contributed by atoms with Crippen molar-refractivity contribution in [3.8, 4) is 0 Å². The van der Waals surface area contributed by atoms with E-state index in [1.165, 1.54) is 14.5 Å². The minimum absolute atomic E-state index is 0.214. The molecule has 2 aliphatic heterocycles. The highest BCUT2D eigenvalue weighted by Gasteiger charge is 2.34. The first kappa shape index (κ1) is 15.6. The van der Waals surface area contributed by atoms with Crippen LogP contribution in [0.3, 0.4) is 0 Å². The number of anilines is 1. The third-order valence-electron chi connectivity index (χ3n) is 4.40. The highest BCUT2D eigenvalue weighted by Crippen LogP contribution is 2.40. The van der Waals surface area contributed by atoms with Gasteiger partial charge in [0, 0.05) is 25.4 Å². The summed E-state index contributed by atoms with van der Waals surface area (Å²) in [5.41, 5.74) is 0.461. The fourth-order valence-corrected chi connectivity index (χ4v) is 4.92. The van der Waals surface area contributed by atoms with E-state index in [9.17, 15) is 9.18 Å². The molecule has 6 nitrogen and oxygen atoms in total. The van der Waals surface area contributed by atoms with Crippen LogP contribution in [0.5, 0.6) is 0 Å². The SMILES string of the molecule is Cc1nc2c3c(nc(=O)n2I)N2CCN(C)CC2CSc3c1F. The van der Waals surface area contributed by atoms with Gasteiger partial charge in [-0.05, 0) is 14.0 Å². The van der Waals surface area contributed by atoms with Crippen molar-refractivity contribution in [2.45, 2.75) is 17.9 Å². The maximum atomic E-state index is 14.7. The predicted octanol–water partition coefficient (Wildman–Crippen LogP) is 1.66. The van der Waals surface area contributed by atoms with Crippen LogP contribution in [0.25, 0.3) is 11.0 Å². The number of fused-ring (bicyclic) bond motifs is 2. The topological polar surface area (TPSA) is 54.3 Å². The van der Waals surface area contributed by atoms with Gasteiger partial charge in [-0.15, -0.1) is 11.8 Å². The first-order valence-electron chi connectivity index (χ1n) is 7.34.